The summed E-state index contributed by atoms with van der Waals surface area (Å²) in [6.45, 7) is 5.47. The molecule has 0 spiro atoms. The Kier molecular flexibility index (Phi) is 5.46. The standard InChI is InChI=1S/C17H23N3O2S/c1-13-4-2-8-20(10-13)11-14-12-23-17(18-14)19-16(21)7-6-15-5-3-9-22-15/h3,5,9,12-13H,2,4,6-8,10-11H2,1H3,(H,18,19,21)/t13-/m1/s1. The summed E-state index contributed by atoms with van der Waals surface area (Å²) in [6, 6.07) is 3.72. The highest BCUT2D eigenvalue weighted by Gasteiger charge is 2.17. The highest BCUT2D eigenvalue weighted by molar-refractivity contribution is 7.13. The third kappa shape index (κ3) is 4.91. The first-order valence-corrected chi connectivity index (χ1v) is 9.06. The molecule has 124 valence electrons. The molecule has 0 saturated carbocycles. The number of rotatable bonds is 6. The number of furan rings is 1. The van der Waals surface area contributed by atoms with Gasteiger partial charge in [0.15, 0.2) is 5.13 Å². The second-order valence-corrected chi connectivity index (χ2v) is 7.11. The molecule has 6 heteroatoms. The monoisotopic (exact) mass is 333 g/mol. The average Bonchev–Trinajstić information content (AvgIpc) is 3.17. The molecule has 3 rings (SSSR count). The summed E-state index contributed by atoms with van der Waals surface area (Å²) in [5.41, 5.74) is 1.05. The Morgan fingerprint density at radius 2 is 2.48 bits per heavy atom. The van der Waals surface area contributed by atoms with Crippen molar-refractivity contribution in [2.45, 2.75) is 39.2 Å². The highest BCUT2D eigenvalue weighted by Crippen LogP contribution is 2.21. The number of aryl methyl sites for hydroxylation is 1. The molecule has 1 fully saturated rings. The van der Waals surface area contributed by atoms with Crippen LogP contribution >= 0.6 is 11.3 Å². The van der Waals surface area contributed by atoms with E-state index in [0.29, 0.717) is 18.0 Å². The molecule has 1 aliphatic heterocycles. The molecule has 0 radical (unpaired) electrons. The number of hydrogen-bond acceptors (Lipinski definition) is 5. The fourth-order valence-corrected chi connectivity index (χ4v) is 3.69. The van der Waals surface area contributed by atoms with Crippen molar-refractivity contribution < 1.29 is 9.21 Å². The van der Waals surface area contributed by atoms with Crippen molar-refractivity contribution in [1.29, 1.82) is 0 Å². The molecule has 1 saturated heterocycles. The molecule has 2 aromatic heterocycles. The number of carbonyl (C=O) groups excluding carboxylic acids is 1. The largest absolute Gasteiger partial charge is 0.469 e. The first kappa shape index (κ1) is 16.2. The number of piperidine rings is 1. The minimum atomic E-state index is -0.0195. The van der Waals surface area contributed by atoms with Gasteiger partial charge in [-0.25, -0.2) is 4.98 Å². The van der Waals surface area contributed by atoms with Crippen LogP contribution in [-0.4, -0.2) is 28.9 Å². The molecule has 5 nitrogen and oxygen atoms in total. The molecule has 23 heavy (non-hydrogen) atoms. The van der Waals surface area contributed by atoms with Crippen LogP contribution in [0.5, 0.6) is 0 Å². The Hall–Kier alpha value is -1.66. The van der Waals surface area contributed by atoms with E-state index in [1.54, 1.807) is 6.26 Å². The number of likely N-dealkylation sites (tertiary alicyclic amines) is 1. The van der Waals surface area contributed by atoms with E-state index in [9.17, 15) is 4.79 Å². The van der Waals surface area contributed by atoms with Gasteiger partial charge in [-0.2, -0.15) is 0 Å². The fraction of sp³-hybridized carbons (Fsp3) is 0.529. The predicted molar refractivity (Wildman–Crippen MR) is 91.4 cm³/mol. The zero-order valence-electron chi connectivity index (χ0n) is 13.5. The minimum Gasteiger partial charge on any atom is -0.469 e. The van der Waals surface area contributed by atoms with E-state index in [4.69, 9.17) is 4.42 Å². The lowest BCUT2D eigenvalue weighted by Crippen LogP contribution is -2.33. The summed E-state index contributed by atoms with van der Waals surface area (Å²) in [6.07, 6.45) is 5.24. The molecule has 2 aromatic rings. The van der Waals surface area contributed by atoms with Crippen molar-refractivity contribution in [2.75, 3.05) is 18.4 Å². The molecule has 1 aliphatic rings. The molecule has 1 atom stereocenters. The number of carbonyl (C=O) groups is 1. The maximum atomic E-state index is 12.0. The summed E-state index contributed by atoms with van der Waals surface area (Å²) >= 11 is 1.50. The summed E-state index contributed by atoms with van der Waals surface area (Å²) in [4.78, 5) is 18.9. The SMILES string of the molecule is C[C@@H]1CCCN(Cc2csc(NC(=O)CCc3ccco3)n2)C1. The van der Waals surface area contributed by atoms with Crippen LogP contribution < -0.4 is 5.32 Å². The molecule has 0 unspecified atom stereocenters. The lowest BCUT2D eigenvalue weighted by Gasteiger charge is -2.30. The molecule has 0 bridgehead atoms. The van der Waals surface area contributed by atoms with Crippen LogP contribution in [0.4, 0.5) is 5.13 Å². The molecular weight excluding hydrogens is 310 g/mol. The van der Waals surface area contributed by atoms with E-state index in [-0.39, 0.29) is 5.91 Å². The Labute approximate surface area is 140 Å². The van der Waals surface area contributed by atoms with Crippen molar-refractivity contribution >= 4 is 22.4 Å². The van der Waals surface area contributed by atoms with E-state index in [2.05, 4.69) is 22.1 Å². The van der Waals surface area contributed by atoms with Crippen molar-refractivity contribution in [3.8, 4) is 0 Å². The van der Waals surface area contributed by atoms with Crippen molar-refractivity contribution in [1.82, 2.24) is 9.88 Å². The first-order chi connectivity index (χ1) is 11.2. The number of nitrogens with zero attached hydrogens (tertiary/aromatic N) is 2. The smallest absolute Gasteiger partial charge is 0.226 e. The van der Waals surface area contributed by atoms with E-state index >= 15 is 0 Å². The van der Waals surface area contributed by atoms with Gasteiger partial charge in [-0.05, 0) is 37.4 Å². The number of aromatic nitrogens is 1. The van der Waals surface area contributed by atoms with Crippen LogP contribution in [0.1, 0.15) is 37.6 Å². The van der Waals surface area contributed by atoms with Crippen LogP contribution in [-0.2, 0) is 17.8 Å². The van der Waals surface area contributed by atoms with Gasteiger partial charge < -0.3 is 9.73 Å². The average molecular weight is 333 g/mol. The van der Waals surface area contributed by atoms with Gasteiger partial charge in [-0.15, -0.1) is 11.3 Å². The highest BCUT2D eigenvalue weighted by atomic mass is 32.1. The Morgan fingerprint density at radius 1 is 1.57 bits per heavy atom. The second kappa shape index (κ2) is 7.75. The van der Waals surface area contributed by atoms with Crippen molar-refractivity contribution in [2.24, 2.45) is 5.92 Å². The molecule has 1 amide bonds. The van der Waals surface area contributed by atoms with Crippen molar-refractivity contribution in [3.05, 3.63) is 35.2 Å². The Balaban J connectivity index is 1.45. The first-order valence-electron chi connectivity index (χ1n) is 8.18. The van der Waals surface area contributed by atoms with E-state index in [1.165, 1.54) is 24.2 Å². The van der Waals surface area contributed by atoms with E-state index in [1.807, 2.05) is 17.5 Å². The summed E-state index contributed by atoms with van der Waals surface area (Å²) in [7, 11) is 0. The van der Waals surface area contributed by atoms with Crippen LogP contribution in [0.25, 0.3) is 0 Å². The maximum Gasteiger partial charge on any atom is 0.226 e. The Morgan fingerprint density at radius 3 is 3.26 bits per heavy atom. The molecular formula is C17H23N3O2S. The quantitative estimate of drug-likeness (QED) is 0.878. The zero-order chi connectivity index (χ0) is 16.1. The van der Waals surface area contributed by atoms with Crippen LogP contribution in [0.3, 0.4) is 0 Å². The van der Waals surface area contributed by atoms with Gasteiger partial charge in [0.2, 0.25) is 5.91 Å². The van der Waals surface area contributed by atoms with Crippen LogP contribution in [0.15, 0.2) is 28.2 Å². The molecule has 1 N–H and O–H groups in total. The van der Waals surface area contributed by atoms with E-state index < -0.39 is 0 Å². The van der Waals surface area contributed by atoms with Crippen molar-refractivity contribution in [3.63, 3.8) is 0 Å². The summed E-state index contributed by atoms with van der Waals surface area (Å²) in [5.74, 6) is 1.58. The van der Waals surface area contributed by atoms with Gasteiger partial charge >= 0.3 is 0 Å². The van der Waals surface area contributed by atoms with Gasteiger partial charge in [-0.1, -0.05) is 6.92 Å². The number of anilines is 1. The minimum absolute atomic E-state index is 0.0195. The lowest BCUT2D eigenvalue weighted by atomic mass is 10.0. The van der Waals surface area contributed by atoms with Gasteiger partial charge in [0.25, 0.3) is 0 Å². The molecule has 3 heterocycles. The third-order valence-electron chi connectivity index (χ3n) is 4.10. The van der Waals surface area contributed by atoms with Gasteiger partial charge in [-0.3, -0.25) is 9.69 Å². The van der Waals surface area contributed by atoms with E-state index in [0.717, 1.165) is 37.0 Å². The third-order valence-corrected chi connectivity index (χ3v) is 4.91. The number of hydrogen-bond donors (Lipinski definition) is 1. The van der Waals surface area contributed by atoms with Gasteiger partial charge in [0, 0.05) is 31.3 Å². The van der Waals surface area contributed by atoms with Gasteiger partial charge in [0.1, 0.15) is 5.76 Å². The zero-order valence-corrected chi connectivity index (χ0v) is 14.3. The number of nitrogens with one attached hydrogen (secondary N) is 1. The lowest BCUT2D eigenvalue weighted by molar-refractivity contribution is -0.116. The summed E-state index contributed by atoms with van der Waals surface area (Å²) < 4.78 is 5.23. The maximum absolute atomic E-state index is 12.0. The molecule has 0 aromatic carbocycles. The van der Waals surface area contributed by atoms with Crippen LogP contribution in [0, 0.1) is 5.92 Å². The summed E-state index contributed by atoms with van der Waals surface area (Å²) in [5, 5.41) is 5.61. The predicted octanol–water partition coefficient (Wildman–Crippen LogP) is 3.54. The second-order valence-electron chi connectivity index (χ2n) is 6.25. The molecule has 0 aliphatic carbocycles. The Bertz CT molecular complexity index is 624. The number of amides is 1. The fourth-order valence-electron chi connectivity index (χ4n) is 2.97. The topological polar surface area (TPSA) is 58.4 Å². The van der Waals surface area contributed by atoms with Gasteiger partial charge in [0.05, 0.1) is 12.0 Å². The van der Waals surface area contributed by atoms with Crippen LogP contribution in [0.2, 0.25) is 0 Å². The normalized spacial score (nSPS) is 18.9. The number of thiazole rings is 1.